The van der Waals surface area contributed by atoms with Crippen LogP contribution in [0.2, 0.25) is 0 Å². The number of halogens is 1. The van der Waals surface area contributed by atoms with Gasteiger partial charge in [0.2, 0.25) is 0 Å². The number of rotatable bonds is 6. The number of carbonyl (C=O) groups is 1. The van der Waals surface area contributed by atoms with E-state index in [1.54, 1.807) is 11.9 Å². The molecule has 1 saturated carbocycles. The Balaban J connectivity index is 1.70. The van der Waals surface area contributed by atoms with Crippen LogP contribution in [-0.4, -0.2) is 42.3 Å². The maximum Gasteiger partial charge on any atom is 0.317 e. The molecule has 1 fully saturated rings. The summed E-state index contributed by atoms with van der Waals surface area (Å²) in [6.07, 6.45) is 2.57. The van der Waals surface area contributed by atoms with E-state index in [1.807, 2.05) is 24.3 Å². The van der Waals surface area contributed by atoms with Crippen molar-refractivity contribution < 1.29 is 9.90 Å². The van der Waals surface area contributed by atoms with Crippen LogP contribution in [0.5, 0.6) is 0 Å². The molecule has 1 aromatic rings. The van der Waals surface area contributed by atoms with Gasteiger partial charge in [-0.05, 0) is 36.8 Å². The zero-order chi connectivity index (χ0) is 14.5. The third kappa shape index (κ3) is 4.49. The Labute approximate surface area is 128 Å². The lowest BCUT2D eigenvalue weighted by Crippen LogP contribution is -2.42. The van der Waals surface area contributed by atoms with Crippen LogP contribution < -0.4 is 5.32 Å². The minimum atomic E-state index is -0.381. The second-order valence-corrected chi connectivity index (χ2v) is 6.21. The molecule has 1 unspecified atom stereocenters. The molecular formula is C15H21BrN2O2. The second-order valence-electron chi connectivity index (χ2n) is 5.36. The van der Waals surface area contributed by atoms with E-state index in [2.05, 4.69) is 21.2 Å². The van der Waals surface area contributed by atoms with Gasteiger partial charge >= 0.3 is 6.03 Å². The van der Waals surface area contributed by atoms with Crippen LogP contribution in [0.1, 0.15) is 18.4 Å². The van der Waals surface area contributed by atoms with Crippen molar-refractivity contribution in [3.8, 4) is 0 Å². The summed E-state index contributed by atoms with van der Waals surface area (Å²) in [5.74, 6) is 0.394. The SMILES string of the molecule is CN(CC(O)C1CC1)C(=O)NCCc1ccccc1Br. The normalized spacial score (nSPS) is 15.8. The molecule has 5 heteroatoms. The summed E-state index contributed by atoms with van der Waals surface area (Å²) in [7, 11) is 1.72. The highest BCUT2D eigenvalue weighted by Crippen LogP contribution is 2.32. The Morgan fingerprint density at radius 3 is 2.85 bits per heavy atom. The number of hydrogen-bond acceptors (Lipinski definition) is 2. The highest BCUT2D eigenvalue weighted by atomic mass is 79.9. The first-order chi connectivity index (χ1) is 9.58. The molecule has 4 nitrogen and oxygen atoms in total. The van der Waals surface area contributed by atoms with E-state index >= 15 is 0 Å². The average Bonchev–Trinajstić information content (AvgIpc) is 3.25. The molecule has 1 aliphatic rings. The van der Waals surface area contributed by atoms with Crippen LogP contribution in [0.4, 0.5) is 4.79 Å². The van der Waals surface area contributed by atoms with E-state index in [0.717, 1.165) is 23.7 Å². The fraction of sp³-hybridized carbons (Fsp3) is 0.533. The van der Waals surface area contributed by atoms with Crippen molar-refractivity contribution in [2.24, 2.45) is 5.92 Å². The highest BCUT2D eigenvalue weighted by Gasteiger charge is 2.31. The van der Waals surface area contributed by atoms with Gasteiger partial charge in [-0.1, -0.05) is 34.1 Å². The van der Waals surface area contributed by atoms with Crippen molar-refractivity contribution >= 4 is 22.0 Å². The van der Waals surface area contributed by atoms with Gasteiger partial charge in [0.25, 0.3) is 0 Å². The van der Waals surface area contributed by atoms with E-state index < -0.39 is 0 Å². The molecule has 110 valence electrons. The fourth-order valence-electron chi connectivity index (χ4n) is 2.13. The molecule has 0 spiro atoms. The molecule has 0 radical (unpaired) electrons. The molecule has 2 amide bonds. The van der Waals surface area contributed by atoms with E-state index in [9.17, 15) is 9.90 Å². The van der Waals surface area contributed by atoms with Gasteiger partial charge in [-0.3, -0.25) is 0 Å². The summed E-state index contributed by atoms with van der Waals surface area (Å²) >= 11 is 3.49. The van der Waals surface area contributed by atoms with Gasteiger partial charge in [0, 0.05) is 24.6 Å². The molecule has 0 aromatic heterocycles. The van der Waals surface area contributed by atoms with Gasteiger partial charge in [-0.2, -0.15) is 0 Å². The van der Waals surface area contributed by atoms with Crippen molar-refractivity contribution in [1.82, 2.24) is 10.2 Å². The number of aliphatic hydroxyl groups is 1. The predicted molar refractivity (Wildman–Crippen MR) is 82.6 cm³/mol. The third-order valence-electron chi connectivity index (χ3n) is 3.60. The minimum absolute atomic E-state index is 0.128. The van der Waals surface area contributed by atoms with Gasteiger partial charge in [-0.15, -0.1) is 0 Å². The molecule has 0 bridgehead atoms. The van der Waals surface area contributed by atoms with Crippen molar-refractivity contribution in [2.45, 2.75) is 25.4 Å². The van der Waals surface area contributed by atoms with Gasteiger partial charge in [-0.25, -0.2) is 4.79 Å². The van der Waals surface area contributed by atoms with Crippen LogP contribution >= 0.6 is 15.9 Å². The summed E-state index contributed by atoms with van der Waals surface area (Å²) in [6.45, 7) is 0.997. The topological polar surface area (TPSA) is 52.6 Å². The Morgan fingerprint density at radius 1 is 1.50 bits per heavy atom. The smallest absolute Gasteiger partial charge is 0.317 e. The Morgan fingerprint density at radius 2 is 2.20 bits per heavy atom. The Kier molecular flexibility index (Phi) is 5.43. The number of nitrogens with zero attached hydrogens (tertiary/aromatic N) is 1. The standard InChI is InChI=1S/C15H21BrN2O2/c1-18(10-14(19)12-6-7-12)15(20)17-9-8-11-4-2-3-5-13(11)16/h2-5,12,14,19H,6-10H2,1H3,(H,17,20). The molecule has 2 N–H and O–H groups in total. The molecule has 0 saturated heterocycles. The lowest BCUT2D eigenvalue weighted by Gasteiger charge is -2.21. The largest absolute Gasteiger partial charge is 0.391 e. The average molecular weight is 341 g/mol. The maximum absolute atomic E-state index is 11.9. The van der Waals surface area contributed by atoms with E-state index in [-0.39, 0.29) is 12.1 Å². The van der Waals surface area contributed by atoms with Gasteiger partial charge in [0.05, 0.1) is 6.10 Å². The van der Waals surface area contributed by atoms with Gasteiger partial charge < -0.3 is 15.3 Å². The molecule has 0 heterocycles. The number of carbonyl (C=O) groups excluding carboxylic acids is 1. The van der Waals surface area contributed by atoms with E-state index in [0.29, 0.717) is 19.0 Å². The van der Waals surface area contributed by atoms with Gasteiger partial charge in [0.1, 0.15) is 0 Å². The summed E-state index contributed by atoms with van der Waals surface area (Å²) < 4.78 is 1.06. The first kappa shape index (κ1) is 15.3. The van der Waals surface area contributed by atoms with E-state index in [4.69, 9.17) is 0 Å². The number of benzene rings is 1. The number of aliphatic hydroxyl groups excluding tert-OH is 1. The monoisotopic (exact) mass is 340 g/mol. The summed E-state index contributed by atoms with van der Waals surface area (Å²) in [5, 5.41) is 12.7. The zero-order valence-corrected chi connectivity index (χ0v) is 13.3. The summed E-state index contributed by atoms with van der Waals surface area (Å²) in [4.78, 5) is 13.4. The van der Waals surface area contributed by atoms with Crippen LogP contribution in [0, 0.1) is 5.92 Å². The summed E-state index contributed by atoms with van der Waals surface area (Å²) in [5.41, 5.74) is 1.17. The van der Waals surface area contributed by atoms with E-state index in [1.165, 1.54) is 5.56 Å². The number of nitrogens with one attached hydrogen (secondary N) is 1. The second kappa shape index (κ2) is 7.09. The fourth-order valence-corrected chi connectivity index (χ4v) is 2.62. The van der Waals surface area contributed by atoms with Crippen LogP contribution in [0.25, 0.3) is 0 Å². The lowest BCUT2D eigenvalue weighted by molar-refractivity contribution is 0.113. The lowest BCUT2D eigenvalue weighted by atomic mass is 10.1. The molecule has 1 aliphatic carbocycles. The number of likely N-dealkylation sites (N-methyl/N-ethyl adjacent to an activating group) is 1. The van der Waals surface area contributed by atoms with Crippen molar-refractivity contribution in [2.75, 3.05) is 20.1 Å². The van der Waals surface area contributed by atoms with Crippen molar-refractivity contribution in [3.05, 3.63) is 34.3 Å². The first-order valence-electron chi connectivity index (χ1n) is 6.98. The first-order valence-corrected chi connectivity index (χ1v) is 7.77. The van der Waals surface area contributed by atoms with Crippen LogP contribution in [0.15, 0.2) is 28.7 Å². The number of urea groups is 1. The third-order valence-corrected chi connectivity index (χ3v) is 4.38. The van der Waals surface area contributed by atoms with Crippen LogP contribution in [-0.2, 0) is 6.42 Å². The Bertz CT molecular complexity index is 463. The van der Waals surface area contributed by atoms with Crippen molar-refractivity contribution in [1.29, 1.82) is 0 Å². The summed E-state index contributed by atoms with van der Waals surface area (Å²) in [6, 6.07) is 7.86. The molecule has 0 aliphatic heterocycles. The van der Waals surface area contributed by atoms with Crippen molar-refractivity contribution in [3.63, 3.8) is 0 Å². The van der Waals surface area contributed by atoms with Crippen LogP contribution in [0.3, 0.4) is 0 Å². The molecular weight excluding hydrogens is 320 g/mol. The predicted octanol–water partition coefficient (Wildman–Crippen LogP) is 2.40. The molecule has 1 atom stereocenters. The van der Waals surface area contributed by atoms with Gasteiger partial charge in [0.15, 0.2) is 0 Å². The number of amides is 2. The molecule has 2 rings (SSSR count). The minimum Gasteiger partial charge on any atom is -0.391 e. The number of hydrogen-bond donors (Lipinski definition) is 2. The highest BCUT2D eigenvalue weighted by molar-refractivity contribution is 9.10. The Hall–Kier alpha value is -1.07. The maximum atomic E-state index is 11.9. The molecule has 20 heavy (non-hydrogen) atoms. The zero-order valence-electron chi connectivity index (χ0n) is 11.7. The quantitative estimate of drug-likeness (QED) is 0.835. The molecule has 1 aromatic carbocycles.